The first-order chi connectivity index (χ1) is 16.1. The van der Waals surface area contributed by atoms with E-state index in [1.165, 1.54) is 23.1 Å². The van der Waals surface area contributed by atoms with Gasteiger partial charge in [0.05, 0.1) is 17.7 Å². The molecule has 2 aromatic carbocycles. The molecule has 1 saturated carbocycles. The number of likely N-dealkylation sites (tertiary alicyclic amines) is 1. The molecule has 1 spiro atoms. The van der Waals surface area contributed by atoms with Crippen LogP contribution in [0.3, 0.4) is 0 Å². The van der Waals surface area contributed by atoms with Gasteiger partial charge < -0.3 is 9.84 Å². The molecular weight excluding hydrogens is 449 g/mol. The molecule has 5 rings (SSSR count). The van der Waals surface area contributed by atoms with Gasteiger partial charge in [-0.05, 0) is 60.2 Å². The van der Waals surface area contributed by atoms with Crippen molar-refractivity contribution >= 4 is 17.7 Å². The first-order valence-electron chi connectivity index (χ1n) is 11.4. The number of piperidine rings is 1. The Morgan fingerprint density at radius 3 is 2.35 bits per heavy atom. The molecule has 3 aliphatic rings. The van der Waals surface area contributed by atoms with Gasteiger partial charge in [-0.2, -0.15) is 13.2 Å². The third kappa shape index (κ3) is 4.49. The van der Waals surface area contributed by atoms with Crippen LogP contribution in [0.4, 0.5) is 23.7 Å². The topological polar surface area (TPSA) is 70.1 Å². The first kappa shape index (κ1) is 22.7. The van der Waals surface area contributed by atoms with E-state index in [0.29, 0.717) is 55.8 Å². The average molecular weight is 474 g/mol. The molecule has 2 aliphatic heterocycles. The number of halogens is 3. The molecule has 0 aromatic heterocycles. The third-order valence-electron chi connectivity index (χ3n) is 7.01. The van der Waals surface area contributed by atoms with Crippen molar-refractivity contribution in [1.82, 2.24) is 4.90 Å². The van der Waals surface area contributed by atoms with E-state index in [9.17, 15) is 22.8 Å². The van der Waals surface area contributed by atoms with E-state index in [-0.39, 0.29) is 11.5 Å². The highest BCUT2D eigenvalue weighted by atomic mass is 19.4. The minimum atomic E-state index is -4.36. The zero-order valence-electron chi connectivity index (χ0n) is 18.5. The summed E-state index contributed by atoms with van der Waals surface area (Å²) in [5.74, 6) is -1.01. The van der Waals surface area contributed by atoms with Crippen LogP contribution in [-0.2, 0) is 17.5 Å². The molecular formula is C25H25F3N2O4. The molecule has 0 unspecified atom stereocenters. The normalized spacial score (nSPS) is 20.6. The lowest BCUT2D eigenvalue weighted by molar-refractivity contribution is -0.138. The van der Waals surface area contributed by atoms with Crippen molar-refractivity contribution in [3.8, 4) is 0 Å². The van der Waals surface area contributed by atoms with Crippen LogP contribution in [0.5, 0.6) is 0 Å². The van der Waals surface area contributed by atoms with Crippen LogP contribution < -0.4 is 4.90 Å². The SMILES string of the molecule is O=C(O)c1ccc(N2CC3(CCN(Cc4ccc(C5CC5)c(C(F)(F)F)c4)CC3)OC2=O)cc1. The Balaban J connectivity index is 1.23. The second kappa shape index (κ2) is 8.30. The summed E-state index contributed by atoms with van der Waals surface area (Å²) < 4.78 is 46.5. The minimum absolute atomic E-state index is 0.0286. The van der Waals surface area contributed by atoms with Gasteiger partial charge in [-0.3, -0.25) is 9.80 Å². The van der Waals surface area contributed by atoms with Gasteiger partial charge in [0.1, 0.15) is 5.60 Å². The molecule has 34 heavy (non-hydrogen) atoms. The van der Waals surface area contributed by atoms with Crippen LogP contribution in [0.15, 0.2) is 42.5 Å². The summed E-state index contributed by atoms with van der Waals surface area (Å²) in [5.41, 5.74) is 0.587. The number of benzene rings is 2. The molecule has 9 heteroatoms. The maximum Gasteiger partial charge on any atom is 0.416 e. The van der Waals surface area contributed by atoms with Crippen molar-refractivity contribution in [2.45, 2.75) is 49.9 Å². The van der Waals surface area contributed by atoms with E-state index in [1.54, 1.807) is 24.3 Å². The van der Waals surface area contributed by atoms with Crippen LogP contribution in [-0.4, -0.2) is 47.3 Å². The number of ether oxygens (including phenoxy) is 1. The fraction of sp³-hybridized carbons (Fsp3) is 0.440. The van der Waals surface area contributed by atoms with Gasteiger partial charge in [-0.15, -0.1) is 0 Å². The Morgan fingerprint density at radius 1 is 1.09 bits per heavy atom. The number of carboxylic acids is 1. The number of nitrogens with zero attached hydrogens (tertiary/aromatic N) is 2. The molecule has 180 valence electrons. The molecule has 2 saturated heterocycles. The van der Waals surface area contributed by atoms with Crippen molar-refractivity contribution < 1.29 is 32.6 Å². The molecule has 0 radical (unpaired) electrons. The van der Waals surface area contributed by atoms with Crippen LogP contribution in [0.2, 0.25) is 0 Å². The lowest BCUT2D eigenvalue weighted by atomic mass is 9.90. The molecule has 1 amide bonds. The Kier molecular flexibility index (Phi) is 5.55. The number of carboxylic acid groups (broad SMARTS) is 1. The second-order valence-electron chi connectivity index (χ2n) is 9.46. The summed E-state index contributed by atoms with van der Waals surface area (Å²) in [7, 11) is 0. The van der Waals surface area contributed by atoms with E-state index in [0.717, 1.165) is 12.8 Å². The van der Waals surface area contributed by atoms with Crippen LogP contribution in [0.1, 0.15) is 58.6 Å². The predicted molar refractivity (Wildman–Crippen MR) is 118 cm³/mol. The molecule has 2 aromatic rings. The predicted octanol–water partition coefficient (Wildman–Crippen LogP) is 5.27. The molecule has 1 N–H and O–H groups in total. The lowest BCUT2D eigenvalue weighted by Crippen LogP contribution is -2.46. The number of hydrogen-bond donors (Lipinski definition) is 1. The van der Waals surface area contributed by atoms with Gasteiger partial charge in [-0.25, -0.2) is 9.59 Å². The van der Waals surface area contributed by atoms with Crippen molar-refractivity contribution in [2.24, 2.45) is 0 Å². The zero-order chi connectivity index (χ0) is 24.1. The van der Waals surface area contributed by atoms with Crippen LogP contribution >= 0.6 is 0 Å². The monoisotopic (exact) mass is 474 g/mol. The van der Waals surface area contributed by atoms with Crippen molar-refractivity contribution in [3.63, 3.8) is 0 Å². The number of amides is 1. The van der Waals surface area contributed by atoms with E-state index in [2.05, 4.69) is 4.90 Å². The molecule has 3 fully saturated rings. The summed E-state index contributed by atoms with van der Waals surface area (Å²) in [5, 5.41) is 9.05. The van der Waals surface area contributed by atoms with E-state index < -0.39 is 29.4 Å². The number of hydrogen-bond acceptors (Lipinski definition) is 4. The van der Waals surface area contributed by atoms with Gasteiger partial charge in [0.15, 0.2) is 0 Å². The van der Waals surface area contributed by atoms with Gasteiger partial charge in [-0.1, -0.05) is 12.1 Å². The quantitative estimate of drug-likeness (QED) is 0.639. The fourth-order valence-corrected chi connectivity index (χ4v) is 4.94. The largest absolute Gasteiger partial charge is 0.478 e. The summed E-state index contributed by atoms with van der Waals surface area (Å²) in [6, 6.07) is 10.8. The molecule has 0 bridgehead atoms. The number of aromatic carboxylic acids is 1. The molecule has 6 nitrogen and oxygen atoms in total. The lowest BCUT2D eigenvalue weighted by Gasteiger charge is -2.37. The number of alkyl halides is 3. The summed E-state index contributed by atoms with van der Waals surface area (Å²) in [6.45, 7) is 1.98. The Labute approximate surface area is 194 Å². The molecule has 2 heterocycles. The van der Waals surface area contributed by atoms with E-state index in [1.807, 2.05) is 0 Å². The maximum absolute atomic E-state index is 13.6. The summed E-state index contributed by atoms with van der Waals surface area (Å²) >= 11 is 0. The molecule has 0 atom stereocenters. The van der Waals surface area contributed by atoms with Gasteiger partial charge in [0.2, 0.25) is 0 Å². The van der Waals surface area contributed by atoms with Crippen LogP contribution in [0, 0.1) is 0 Å². The number of rotatable bonds is 5. The van der Waals surface area contributed by atoms with Gasteiger partial charge in [0.25, 0.3) is 0 Å². The standard InChI is InChI=1S/C25H25F3N2O4/c26-25(27,28)21-13-16(1-8-20(21)17-2-3-17)14-29-11-9-24(10-12-29)15-30(23(33)34-24)19-6-4-18(5-7-19)22(31)32/h1,4-8,13,17H,2-3,9-12,14-15H2,(H,31,32). The second-order valence-corrected chi connectivity index (χ2v) is 9.46. The fourth-order valence-electron chi connectivity index (χ4n) is 4.94. The highest BCUT2D eigenvalue weighted by Crippen LogP contribution is 2.46. The Hall–Kier alpha value is -3.07. The van der Waals surface area contributed by atoms with Crippen molar-refractivity contribution in [3.05, 3.63) is 64.7 Å². The van der Waals surface area contributed by atoms with E-state index >= 15 is 0 Å². The number of anilines is 1. The van der Waals surface area contributed by atoms with Gasteiger partial charge >= 0.3 is 18.2 Å². The zero-order valence-corrected chi connectivity index (χ0v) is 18.5. The van der Waals surface area contributed by atoms with Crippen molar-refractivity contribution in [2.75, 3.05) is 24.5 Å². The third-order valence-corrected chi connectivity index (χ3v) is 7.01. The maximum atomic E-state index is 13.6. The summed E-state index contributed by atoms with van der Waals surface area (Å²) in [6.07, 6.45) is -2.04. The smallest absolute Gasteiger partial charge is 0.416 e. The number of carbonyl (C=O) groups is 2. The first-order valence-corrected chi connectivity index (χ1v) is 11.4. The molecule has 1 aliphatic carbocycles. The summed E-state index contributed by atoms with van der Waals surface area (Å²) in [4.78, 5) is 27.2. The van der Waals surface area contributed by atoms with Crippen molar-refractivity contribution in [1.29, 1.82) is 0 Å². The Morgan fingerprint density at radius 2 is 1.76 bits per heavy atom. The van der Waals surface area contributed by atoms with Crippen LogP contribution in [0.25, 0.3) is 0 Å². The number of carbonyl (C=O) groups excluding carboxylic acids is 1. The highest BCUT2D eigenvalue weighted by molar-refractivity contribution is 5.92. The minimum Gasteiger partial charge on any atom is -0.478 e. The van der Waals surface area contributed by atoms with E-state index in [4.69, 9.17) is 9.84 Å². The van der Waals surface area contributed by atoms with Gasteiger partial charge in [0, 0.05) is 38.2 Å². The highest BCUT2D eigenvalue weighted by Gasteiger charge is 2.47. The Bertz CT molecular complexity index is 1100. The average Bonchev–Trinajstić information content (AvgIpc) is 3.59.